The lowest BCUT2D eigenvalue weighted by atomic mass is 10.2. The monoisotopic (exact) mass is 393 g/mol. The third-order valence-electron chi connectivity index (χ3n) is 4.62. The van der Waals surface area contributed by atoms with Crippen molar-refractivity contribution < 1.29 is 14.3 Å². The number of ether oxygens (including phenoxy) is 1. The van der Waals surface area contributed by atoms with Crippen LogP contribution in [-0.4, -0.2) is 24.6 Å². The summed E-state index contributed by atoms with van der Waals surface area (Å²) in [4.78, 5) is 23.9. The molecule has 6 nitrogen and oxygen atoms in total. The highest BCUT2D eigenvalue weighted by atomic mass is 16.5. The van der Waals surface area contributed by atoms with Crippen LogP contribution in [0.1, 0.15) is 38.2 Å². The molecule has 2 aromatic rings. The Balaban J connectivity index is 1.56. The number of rotatable bonds is 7. The summed E-state index contributed by atoms with van der Waals surface area (Å²) in [6.07, 6.45) is 8.21. The van der Waals surface area contributed by atoms with Crippen LogP contribution in [0.4, 0.5) is 16.2 Å². The highest BCUT2D eigenvalue weighted by Crippen LogP contribution is 2.25. The summed E-state index contributed by atoms with van der Waals surface area (Å²) in [5.74, 6) is 0.589. The first-order valence-electron chi connectivity index (χ1n) is 10.0. The van der Waals surface area contributed by atoms with E-state index in [2.05, 4.69) is 16.0 Å². The molecule has 0 saturated heterocycles. The van der Waals surface area contributed by atoms with Crippen molar-refractivity contribution in [2.45, 2.75) is 38.7 Å². The minimum absolute atomic E-state index is 0.248. The number of carbonyl (C=O) groups excluding carboxylic acids is 2. The van der Waals surface area contributed by atoms with Crippen LogP contribution in [-0.2, 0) is 4.79 Å². The fourth-order valence-corrected chi connectivity index (χ4v) is 3.26. The van der Waals surface area contributed by atoms with Gasteiger partial charge in [0.1, 0.15) is 5.75 Å². The SMILES string of the molecule is CCNC(=O)Nc1cccc(NC(=O)C=Cc2cccc(OC3CCCC3)c2)c1. The lowest BCUT2D eigenvalue weighted by molar-refractivity contribution is -0.111. The molecular weight excluding hydrogens is 366 g/mol. The van der Waals surface area contributed by atoms with E-state index in [0.29, 0.717) is 24.0 Å². The molecule has 3 amide bonds. The molecule has 0 spiro atoms. The molecule has 3 N–H and O–H groups in total. The maximum absolute atomic E-state index is 12.3. The standard InChI is InChI=1S/C23H27N3O3/c1-2-24-23(28)26-19-9-6-8-18(16-19)25-22(27)14-13-17-7-5-12-21(15-17)29-20-10-3-4-11-20/h5-9,12-16,20H,2-4,10-11H2,1H3,(H,25,27)(H2,24,26,28). The van der Waals surface area contributed by atoms with Crippen molar-refractivity contribution in [2.24, 2.45) is 0 Å². The summed E-state index contributed by atoms with van der Waals surface area (Å²) in [5.41, 5.74) is 2.11. The molecule has 0 heterocycles. The Morgan fingerprint density at radius 1 is 1.03 bits per heavy atom. The van der Waals surface area contributed by atoms with Gasteiger partial charge in [-0.05, 0) is 74.6 Å². The van der Waals surface area contributed by atoms with E-state index in [0.717, 1.165) is 24.2 Å². The first-order chi connectivity index (χ1) is 14.1. The average molecular weight is 393 g/mol. The maximum atomic E-state index is 12.3. The fourth-order valence-electron chi connectivity index (χ4n) is 3.26. The summed E-state index contributed by atoms with van der Waals surface area (Å²) in [6.45, 7) is 2.39. The molecular formula is C23H27N3O3. The molecule has 29 heavy (non-hydrogen) atoms. The Morgan fingerprint density at radius 2 is 1.76 bits per heavy atom. The molecule has 0 atom stereocenters. The second-order valence-corrected chi connectivity index (χ2v) is 6.98. The number of nitrogens with one attached hydrogen (secondary N) is 3. The summed E-state index contributed by atoms with van der Waals surface area (Å²) in [6, 6.07) is 14.5. The van der Waals surface area contributed by atoms with Crippen LogP contribution in [0.25, 0.3) is 6.08 Å². The van der Waals surface area contributed by atoms with Gasteiger partial charge in [-0.3, -0.25) is 4.79 Å². The van der Waals surface area contributed by atoms with Crippen molar-refractivity contribution in [1.29, 1.82) is 0 Å². The van der Waals surface area contributed by atoms with E-state index >= 15 is 0 Å². The molecule has 1 aliphatic rings. The van der Waals surface area contributed by atoms with Crippen LogP contribution in [0.3, 0.4) is 0 Å². The molecule has 0 radical (unpaired) electrons. The van der Waals surface area contributed by atoms with Gasteiger partial charge in [0.25, 0.3) is 0 Å². The topological polar surface area (TPSA) is 79.5 Å². The molecule has 3 rings (SSSR count). The second kappa shape index (κ2) is 10.3. The lowest BCUT2D eigenvalue weighted by Crippen LogP contribution is -2.28. The van der Waals surface area contributed by atoms with E-state index in [-0.39, 0.29) is 11.9 Å². The first-order valence-corrected chi connectivity index (χ1v) is 10.0. The molecule has 1 saturated carbocycles. The molecule has 0 bridgehead atoms. The van der Waals surface area contributed by atoms with E-state index in [9.17, 15) is 9.59 Å². The Kier molecular flexibility index (Phi) is 7.28. The van der Waals surface area contributed by atoms with Gasteiger partial charge in [-0.2, -0.15) is 0 Å². The predicted molar refractivity (Wildman–Crippen MR) is 116 cm³/mol. The van der Waals surface area contributed by atoms with Gasteiger partial charge >= 0.3 is 6.03 Å². The van der Waals surface area contributed by atoms with Crippen LogP contribution in [0, 0.1) is 0 Å². The highest BCUT2D eigenvalue weighted by molar-refractivity contribution is 6.02. The molecule has 2 aromatic carbocycles. The lowest BCUT2D eigenvalue weighted by Gasteiger charge is -2.13. The summed E-state index contributed by atoms with van der Waals surface area (Å²) >= 11 is 0. The van der Waals surface area contributed by atoms with Gasteiger partial charge in [0.05, 0.1) is 6.10 Å². The zero-order chi connectivity index (χ0) is 20.5. The van der Waals surface area contributed by atoms with Crippen LogP contribution < -0.4 is 20.7 Å². The molecule has 1 fully saturated rings. The maximum Gasteiger partial charge on any atom is 0.319 e. The quantitative estimate of drug-likeness (QED) is 0.591. The van der Waals surface area contributed by atoms with Crippen molar-refractivity contribution in [1.82, 2.24) is 5.32 Å². The minimum Gasteiger partial charge on any atom is -0.490 e. The van der Waals surface area contributed by atoms with Crippen molar-refractivity contribution >= 4 is 29.4 Å². The Hall–Kier alpha value is -3.28. The Bertz CT molecular complexity index is 873. The fraction of sp³-hybridized carbons (Fsp3) is 0.304. The van der Waals surface area contributed by atoms with Gasteiger partial charge in [0.15, 0.2) is 0 Å². The first kappa shape index (κ1) is 20.5. The molecule has 0 unspecified atom stereocenters. The second-order valence-electron chi connectivity index (χ2n) is 6.98. The smallest absolute Gasteiger partial charge is 0.319 e. The number of urea groups is 1. The number of hydrogen-bond donors (Lipinski definition) is 3. The van der Waals surface area contributed by atoms with E-state index in [1.54, 1.807) is 30.3 Å². The Morgan fingerprint density at radius 3 is 2.52 bits per heavy atom. The number of hydrogen-bond acceptors (Lipinski definition) is 3. The van der Waals surface area contributed by atoms with E-state index in [1.165, 1.54) is 18.9 Å². The zero-order valence-corrected chi connectivity index (χ0v) is 16.6. The number of amides is 3. The van der Waals surface area contributed by atoms with Crippen molar-refractivity contribution in [2.75, 3.05) is 17.2 Å². The van der Waals surface area contributed by atoms with Crippen molar-refractivity contribution in [3.63, 3.8) is 0 Å². The minimum atomic E-state index is -0.282. The van der Waals surface area contributed by atoms with Gasteiger partial charge in [0, 0.05) is 24.0 Å². The third-order valence-corrected chi connectivity index (χ3v) is 4.62. The zero-order valence-electron chi connectivity index (χ0n) is 16.6. The van der Waals surface area contributed by atoms with Crippen LogP contribution in [0.2, 0.25) is 0 Å². The van der Waals surface area contributed by atoms with Crippen molar-refractivity contribution in [3.05, 3.63) is 60.2 Å². The van der Waals surface area contributed by atoms with Gasteiger partial charge in [-0.25, -0.2) is 4.79 Å². The van der Waals surface area contributed by atoms with Gasteiger partial charge in [-0.1, -0.05) is 18.2 Å². The number of benzene rings is 2. The highest BCUT2D eigenvalue weighted by Gasteiger charge is 2.16. The summed E-state index contributed by atoms with van der Waals surface area (Å²) < 4.78 is 6.01. The van der Waals surface area contributed by atoms with Gasteiger partial charge in [-0.15, -0.1) is 0 Å². The number of anilines is 2. The van der Waals surface area contributed by atoms with Crippen LogP contribution in [0.5, 0.6) is 5.75 Å². The van der Waals surface area contributed by atoms with Crippen LogP contribution in [0.15, 0.2) is 54.6 Å². The van der Waals surface area contributed by atoms with E-state index in [4.69, 9.17) is 4.74 Å². The Labute approximate surface area is 171 Å². The largest absolute Gasteiger partial charge is 0.490 e. The molecule has 0 aromatic heterocycles. The van der Waals surface area contributed by atoms with Crippen molar-refractivity contribution in [3.8, 4) is 5.75 Å². The third kappa shape index (κ3) is 6.68. The van der Waals surface area contributed by atoms with E-state index in [1.807, 2.05) is 31.2 Å². The molecule has 6 heteroatoms. The van der Waals surface area contributed by atoms with Crippen LogP contribution >= 0.6 is 0 Å². The normalized spacial score (nSPS) is 14.0. The molecule has 1 aliphatic carbocycles. The van der Waals surface area contributed by atoms with E-state index < -0.39 is 0 Å². The molecule has 0 aliphatic heterocycles. The number of carbonyl (C=O) groups is 2. The predicted octanol–water partition coefficient (Wildman–Crippen LogP) is 4.80. The average Bonchev–Trinajstić information content (AvgIpc) is 3.20. The summed E-state index contributed by atoms with van der Waals surface area (Å²) in [7, 11) is 0. The van der Waals surface area contributed by atoms with Gasteiger partial charge in [0.2, 0.25) is 5.91 Å². The summed E-state index contributed by atoms with van der Waals surface area (Å²) in [5, 5.41) is 8.18. The van der Waals surface area contributed by atoms with Gasteiger partial charge < -0.3 is 20.7 Å². The molecule has 152 valence electrons.